The second-order valence-corrected chi connectivity index (χ2v) is 8.71. The molecule has 0 aromatic heterocycles. The number of hydrogen-bond donors (Lipinski definition) is 2. The standard InChI is InChI=1S/C25H28F2N2O5/c26-18-6-4-17(5-7-18)25(32)29-13-20(30)14-33-15-23-22(29)9-8-21(34-23)11-24(31)28-12-16-2-1-3-19(27)10-16/h1-7,10,20-23,30H,8-9,11-15H2,(H,28,31)/t20-,21+,22-,23+/m0/s1. The van der Waals surface area contributed by atoms with E-state index in [1.807, 2.05) is 0 Å². The topological polar surface area (TPSA) is 88.1 Å². The van der Waals surface area contributed by atoms with Crippen molar-refractivity contribution in [2.75, 3.05) is 19.8 Å². The Labute approximate surface area is 196 Å². The van der Waals surface area contributed by atoms with E-state index in [0.717, 1.165) is 0 Å². The van der Waals surface area contributed by atoms with Crippen molar-refractivity contribution in [3.05, 3.63) is 71.3 Å². The third-order valence-electron chi connectivity index (χ3n) is 6.12. The molecule has 0 saturated carbocycles. The fourth-order valence-corrected chi connectivity index (χ4v) is 4.46. The number of nitrogens with zero attached hydrogens (tertiary/aromatic N) is 1. The fraction of sp³-hybridized carbons (Fsp3) is 0.440. The Hall–Kier alpha value is -2.88. The van der Waals surface area contributed by atoms with E-state index in [-0.39, 0.29) is 62.5 Å². The third kappa shape index (κ3) is 6.16. The average molecular weight is 475 g/mol. The van der Waals surface area contributed by atoms with Gasteiger partial charge in [0.05, 0.1) is 37.9 Å². The number of carbonyl (C=O) groups is 2. The SMILES string of the molecule is O=C(C[C@H]1CC[C@H]2[C@@H](COC[C@@H](O)CN2C(=O)c2ccc(F)cc2)O1)NCc1cccc(F)c1. The van der Waals surface area contributed by atoms with E-state index in [1.54, 1.807) is 17.0 Å². The van der Waals surface area contributed by atoms with Gasteiger partial charge in [0.15, 0.2) is 0 Å². The van der Waals surface area contributed by atoms with Gasteiger partial charge in [0.25, 0.3) is 5.91 Å². The van der Waals surface area contributed by atoms with Crippen molar-refractivity contribution in [1.82, 2.24) is 10.2 Å². The molecule has 2 aromatic carbocycles. The van der Waals surface area contributed by atoms with Gasteiger partial charge in [-0.3, -0.25) is 9.59 Å². The normalized spacial score (nSPS) is 25.1. The van der Waals surface area contributed by atoms with Gasteiger partial charge >= 0.3 is 0 Å². The summed E-state index contributed by atoms with van der Waals surface area (Å²) in [5.41, 5.74) is 0.993. The van der Waals surface area contributed by atoms with Crippen molar-refractivity contribution >= 4 is 11.8 Å². The highest BCUT2D eigenvalue weighted by Gasteiger charge is 2.40. The summed E-state index contributed by atoms with van der Waals surface area (Å²) in [6.07, 6.45) is -0.437. The van der Waals surface area contributed by atoms with Crippen LogP contribution in [-0.2, 0) is 20.8 Å². The summed E-state index contributed by atoms with van der Waals surface area (Å²) in [5.74, 6) is -1.32. The highest BCUT2D eigenvalue weighted by Crippen LogP contribution is 2.29. The summed E-state index contributed by atoms with van der Waals surface area (Å²) in [6.45, 7) is 0.519. The summed E-state index contributed by atoms with van der Waals surface area (Å²) in [5, 5.41) is 13.0. The van der Waals surface area contributed by atoms with Crippen molar-refractivity contribution < 1.29 is 33.0 Å². The predicted octanol–water partition coefficient (Wildman–Crippen LogP) is 2.42. The highest BCUT2D eigenvalue weighted by molar-refractivity contribution is 5.94. The Morgan fingerprint density at radius 2 is 1.85 bits per heavy atom. The zero-order valence-electron chi connectivity index (χ0n) is 18.7. The van der Waals surface area contributed by atoms with Crippen LogP contribution < -0.4 is 5.32 Å². The van der Waals surface area contributed by atoms with Crippen LogP contribution in [0.15, 0.2) is 48.5 Å². The van der Waals surface area contributed by atoms with Crippen molar-refractivity contribution in [3.63, 3.8) is 0 Å². The number of benzene rings is 2. The second kappa shape index (κ2) is 11.0. The minimum atomic E-state index is -0.850. The number of nitrogens with one attached hydrogen (secondary N) is 1. The second-order valence-electron chi connectivity index (χ2n) is 8.71. The molecule has 2 aliphatic rings. The van der Waals surface area contributed by atoms with Gasteiger partial charge in [0.2, 0.25) is 5.91 Å². The lowest BCUT2D eigenvalue weighted by atomic mass is 9.94. The average Bonchev–Trinajstić information content (AvgIpc) is 2.81. The van der Waals surface area contributed by atoms with Gasteiger partial charge in [-0.05, 0) is 54.8 Å². The molecule has 4 atom stereocenters. The lowest BCUT2D eigenvalue weighted by Gasteiger charge is -2.44. The first kappa shape index (κ1) is 24.3. The zero-order chi connectivity index (χ0) is 24.1. The van der Waals surface area contributed by atoms with Gasteiger partial charge in [-0.25, -0.2) is 8.78 Å². The van der Waals surface area contributed by atoms with E-state index >= 15 is 0 Å². The van der Waals surface area contributed by atoms with Crippen molar-refractivity contribution in [3.8, 4) is 0 Å². The van der Waals surface area contributed by atoms with Crippen LogP contribution >= 0.6 is 0 Å². The van der Waals surface area contributed by atoms with Crippen molar-refractivity contribution in [2.45, 2.75) is 50.2 Å². The van der Waals surface area contributed by atoms with Gasteiger partial charge < -0.3 is 24.8 Å². The van der Waals surface area contributed by atoms with E-state index in [2.05, 4.69) is 5.32 Å². The van der Waals surface area contributed by atoms with E-state index < -0.39 is 18.0 Å². The summed E-state index contributed by atoms with van der Waals surface area (Å²) < 4.78 is 38.4. The highest BCUT2D eigenvalue weighted by atomic mass is 19.1. The number of aliphatic hydroxyl groups excluding tert-OH is 1. The summed E-state index contributed by atoms with van der Waals surface area (Å²) in [6, 6.07) is 11.0. The van der Waals surface area contributed by atoms with Gasteiger partial charge in [0, 0.05) is 18.7 Å². The monoisotopic (exact) mass is 474 g/mol. The minimum Gasteiger partial charge on any atom is -0.389 e. The molecule has 0 aliphatic carbocycles. The number of rotatable bonds is 5. The molecular formula is C25H28F2N2O5. The quantitative estimate of drug-likeness (QED) is 0.695. The summed E-state index contributed by atoms with van der Waals surface area (Å²) >= 11 is 0. The molecule has 2 fully saturated rings. The molecule has 0 radical (unpaired) electrons. The van der Waals surface area contributed by atoms with Crippen LogP contribution in [0.25, 0.3) is 0 Å². The molecule has 2 aliphatic heterocycles. The van der Waals surface area contributed by atoms with Crippen LogP contribution in [0.5, 0.6) is 0 Å². The minimum absolute atomic E-state index is 0.0541. The Morgan fingerprint density at radius 1 is 1.06 bits per heavy atom. The maximum Gasteiger partial charge on any atom is 0.254 e. The molecule has 7 nitrogen and oxygen atoms in total. The molecule has 2 aromatic rings. The van der Waals surface area contributed by atoms with Crippen molar-refractivity contribution in [1.29, 1.82) is 0 Å². The number of β-amino-alcohol motifs (C(OH)–C–C–N with tert-alkyl or cyclic N) is 1. The van der Waals surface area contributed by atoms with Crippen LogP contribution in [0.1, 0.15) is 35.2 Å². The van der Waals surface area contributed by atoms with E-state index in [0.29, 0.717) is 24.0 Å². The molecule has 2 N–H and O–H groups in total. The summed E-state index contributed by atoms with van der Waals surface area (Å²) in [7, 11) is 0. The smallest absolute Gasteiger partial charge is 0.254 e. The Kier molecular flexibility index (Phi) is 7.87. The molecule has 2 saturated heterocycles. The first-order chi connectivity index (χ1) is 16.4. The van der Waals surface area contributed by atoms with Gasteiger partial charge in [0.1, 0.15) is 17.7 Å². The number of amides is 2. The predicted molar refractivity (Wildman–Crippen MR) is 119 cm³/mol. The number of fused-ring (bicyclic) bond motifs is 1. The van der Waals surface area contributed by atoms with E-state index in [4.69, 9.17) is 9.47 Å². The first-order valence-corrected chi connectivity index (χ1v) is 11.4. The Bertz CT molecular complexity index is 1000. The Balaban J connectivity index is 1.38. The van der Waals surface area contributed by atoms with Crippen LogP contribution in [0.2, 0.25) is 0 Å². The maximum atomic E-state index is 13.3. The third-order valence-corrected chi connectivity index (χ3v) is 6.12. The number of halogens is 2. The molecule has 0 bridgehead atoms. The largest absolute Gasteiger partial charge is 0.389 e. The molecule has 0 spiro atoms. The number of hydrogen-bond acceptors (Lipinski definition) is 5. The molecule has 2 amide bonds. The molecule has 4 rings (SSSR count). The summed E-state index contributed by atoms with van der Waals surface area (Å²) in [4.78, 5) is 27.2. The lowest BCUT2D eigenvalue weighted by Crippen LogP contribution is -2.57. The molecule has 182 valence electrons. The molecular weight excluding hydrogens is 446 g/mol. The number of aliphatic hydroxyl groups is 1. The van der Waals surface area contributed by atoms with E-state index in [9.17, 15) is 23.5 Å². The lowest BCUT2D eigenvalue weighted by molar-refractivity contribution is -0.151. The fourth-order valence-electron chi connectivity index (χ4n) is 4.46. The van der Waals surface area contributed by atoms with Gasteiger partial charge in [-0.15, -0.1) is 0 Å². The van der Waals surface area contributed by atoms with Gasteiger partial charge in [-0.1, -0.05) is 12.1 Å². The number of carbonyl (C=O) groups excluding carboxylic acids is 2. The zero-order valence-corrected chi connectivity index (χ0v) is 18.7. The van der Waals surface area contributed by atoms with Crippen LogP contribution in [0.4, 0.5) is 8.78 Å². The molecule has 9 heteroatoms. The molecule has 0 unspecified atom stereocenters. The van der Waals surface area contributed by atoms with Crippen LogP contribution in [-0.4, -0.2) is 65.9 Å². The Morgan fingerprint density at radius 3 is 2.62 bits per heavy atom. The molecule has 2 heterocycles. The maximum absolute atomic E-state index is 13.3. The van der Waals surface area contributed by atoms with Crippen LogP contribution in [0.3, 0.4) is 0 Å². The molecule has 34 heavy (non-hydrogen) atoms. The number of ether oxygens (including phenoxy) is 2. The van der Waals surface area contributed by atoms with Crippen molar-refractivity contribution in [2.24, 2.45) is 0 Å². The first-order valence-electron chi connectivity index (χ1n) is 11.4. The van der Waals surface area contributed by atoms with E-state index in [1.165, 1.54) is 36.4 Å². The van der Waals surface area contributed by atoms with Crippen LogP contribution in [0, 0.1) is 11.6 Å². The van der Waals surface area contributed by atoms with Gasteiger partial charge in [-0.2, -0.15) is 0 Å².